The van der Waals surface area contributed by atoms with Crippen LogP contribution in [0.3, 0.4) is 0 Å². The second-order valence-electron chi connectivity index (χ2n) is 4.26. The molecule has 2 aromatic rings. The molecule has 0 spiro atoms. The van der Waals surface area contributed by atoms with Crippen molar-refractivity contribution in [2.75, 3.05) is 5.32 Å². The van der Waals surface area contributed by atoms with Gasteiger partial charge >= 0.3 is 0 Å². The third kappa shape index (κ3) is 3.13. The molecular weight excluding hydrogens is 328 g/mol. The lowest BCUT2D eigenvalue weighted by Crippen LogP contribution is -2.06. The van der Waals surface area contributed by atoms with E-state index in [9.17, 15) is 10.1 Å². The molecule has 4 nitrogen and oxygen atoms in total. The van der Waals surface area contributed by atoms with Gasteiger partial charge < -0.3 is 5.32 Å². The van der Waals surface area contributed by atoms with E-state index in [4.69, 9.17) is 0 Å². The van der Waals surface area contributed by atoms with Crippen LogP contribution in [0.4, 0.5) is 11.4 Å². The molecule has 19 heavy (non-hydrogen) atoms. The molecule has 0 aliphatic carbocycles. The van der Waals surface area contributed by atoms with Crippen LogP contribution >= 0.6 is 27.3 Å². The van der Waals surface area contributed by atoms with Crippen LogP contribution in [-0.4, -0.2) is 4.92 Å². The van der Waals surface area contributed by atoms with Gasteiger partial charge in [0, 0.05) is 26.7 Å². The normalized spacial score (nSPS) is 12.2. The Morgan fingerprint density at radius 3 is 2.79 bits per heavy atom. The van der Waals surface area contributed by atoms with Gasteiger partial charge in [0.05, 0.1) is 11.0 Å². The summed E-state index contributed by atoms with van der Waals surface area (Å²) in [7, 11) is 0. The molecule has 0 fully saturated rings. The highest BCUT2D eigenvalue weighted by Gasteiger charge is 2.15. The van der Waals surface area contributed by atoms with Gasteiger partial charge in [-0.2, -0.15) is 0 Å². The molecule has 0 bridgehead atoms. The van der Waals surface area contributed by atoms with E-state index in [0.717, 1.165) is 5.69 Å². The molecule has 1 heterocycles. The van der Waals surface area contributed by atoms with Crippen LogP contribution in [0.1, 0.15) is 23.4 Å². The predicted molar refractivity (Wildman–Crippen MR) is 81.9 cm³/mol. The summed E-state index contributed by atoms with van der Waals surface area (Å²) in [6.45, 7) is 3.81. The summed E-state index contributed by atoms with van der Waals surface area (Å²) in [4.78, 5) is 11.7. The maximum absolute atomic E-state index is 10.9. The van der Waals surface area contributed by atoms with E-state index in [1.165, 1.54) is 4.88 Å². The third-order valence-electron chi connectivity index (χ3n) is 2.82. The Bertz CT molecular complexity index is 599. The number of hydrogen-bond acceptors (Lipinski definition) is 4. The van der Waals surface area contributed by atoms with Gasteiger partial charge in [0.2, 0.25) is 0 Å². The molecule has 6 heteroatoms. The first-order chi connectivity index (χ1) is 8.99. The molecule has 0 saturated carbocycles. The van der Waals surface area contributed by atoms with E-state index in [1.807, 2.05) is 11.4 Å². The van der Waals surface area contributed by atoms with Crippen LogP contribution in [0.25, 0.3) is 0 Å². The molecule has 0 aliphatic rings. The van der Waals surface area contributed by atoms with E-state index in [2.05, 4.69) is 34.2 Å². The van der Waals surface area contributed by atoms with Crippen LogP contribution in [0.15, 0.2) is 34.1 Å². The van der Waals surface area contributed by atoms with Gasteiger partial charge in [0.25, 0.3) is 5.69 Å². The molecular formula is C13H13BrN2O2S. The minimum atomic E-state index is -0.368. The number of nitro groups is 1. The van der Waals surface area contributed by atoms with Crippen LogP contribution in [-0.2, 0) is 0 Å². The molecule has 100 valence electrons. The van der Waals surface area contributed by atoms with E-state index < -0.39 is 0 Å². The monoisotopic (exact) mass is 340 g/mol. The summed E-state index contributed by atoms with van der Waals surface area (Å²) < 4.78 is 0.702. The Balaban J connectivity index is 2.26. The van der Waals surface area contributed by atoms with Crippen LogP contribution in [0, 0.1) is 17.0 Å². The van der Waals surface area contributed by atoms with Crippen molar-refractivity contribution >= 4 is 38.6 Å². The molecule has 1 aromatic carbocycles. The summed E-state index contributed by atoms with van der Waals surface area (Å²) in [5, 5.41) is 16.3. The lowest BCUT2D eigenvalue weighted by Gasteiger charge is -2.15. The first-order valence-corrected chi connectivity index (χ1v) is 7.40. The van der Waals surface area contributed by atoms with Crippen LogP contribution in [0.2, 0.25) is 0 Å². The molecule has 1 atom stereocenters. The Hall–Kier alpha value is -1.40. The van der Waals surface area contributed by atoms with Gasteiger partial charge in [-0.1, -0.05) is 6.07 Å². The Labute approximate surface area is 123 Å². The lowest BCUT2D eigenvalue weighted by atomic mass is 10.1. The second kappa shape index (κ2) is 5.71. The number of aryl methyl sites for hydroxylation is 1. The zero-order valence-electron chi connectivity index (χ0n) is 10.5. The highest BCUT2D eigenvalue weighted by atomic mass is 79.9. The topological polar surface area (TPSA) is 55.2 Å². The van der Waals surface area contributed by atoms with E-state index in [-0.39, 0.29) is 16.7 Å². The zero-order chi connectivity index (χ0) is 14.0. The molecule has 2 rings (SSSR count). The summed E-state index contributed by atoms with van der Waals surface area (Å²) in [6, 6.07) is 7.57. The van der Waals surface area contributed by atoms with Gasteiger partial charge in [-0.3, -0.25) is 10.1 Å². The maximum atomic E-state index is 10.9. The Kier molecular flexibility index (Phi) is 4.21. The first-order valence-electron chi connectivity index (χ1n) is 5.73. The zero-order valence-corrected chi connectivity index (χ0v) is 12.9. The van der Waals surface area contributed by atoms with Crippen molar-refractivity contribution in [2.45, 2.75) is 19.9 Å². The van der Waals surface area contributed by atoms with E-state index in [1.54, 1.807) is 30.4 Å². The average molecular weight is 341 g/mol. The minimum absolute atomic E-state index is 0.126. The fraction of sp³-hybridized carbons (Fsp3) is 0.231. The number of anilines is 1. The molecule has 1 N–H and O–H groups in total. The summed E-state index contributed by atoms with van der Waals surface area (Å²) in [5.41, 5.74) is 1.64. The first kappa shape index (κ1) is 14.0. The third-order valence-corrected chi connectivity index (χ3v) is 4.54. The van der Waals surface area contributed by atoms with Crippen LogP contribution < -0.4 is 5.32 Å². The van der Waals surface area contributed by atoms with Crippen molar-refractivity contribution in [1.29, 1.82) is 0 Å². The number of nitrogens with zero attached hydrogens (tertiary/aromatic N) is 1. The van der Waals surface area contributed by atoms with Gasteiger partial charge in [0.1, 0.15) is 0 Å². The van der Waals surface area contributed by atoms with Gasteiger partial charge in [-0.15, -0.1) is 11.3 Å². The fourth-order valence-electron chi connectivity index (χ4n) is 1.82. The van der Waals surface area contributed by atoms with Crippen molar-refractivity contribution in [2.24, 2.45) is 0 Å². The van der Waals surface area contributed by atoms with Gasteiger partial charge in [-0.25, -0.2) is 0 Å². The largest absolute Gasteiger partial charge is 0.377 e. The minimum Gasteiger partial charge on any atom is -0.377 e. The Morgan fingerprint density at radius 1 is 1.47 bits per heavy atom. The number of nitrogens with one attached hydrogen (secondary N) is 1. The summed E-state index contributed by atoms with van der Waals surface area (Å²) in [5.74, 6) is 0. The van der Waals surface area contributed by atoms with Crippen molar-refractivity contribution < 1.29 is 4.92 Å². The highest BCUT2D eigenvalue weighted by molar-refractivity contribution is 9.10. The molecule has 1 aromatic heterocycles. The van der Waals surface area contributed by atoms with E-state index >= 15 is 0 Å². The number of hydrogen-bond donors (Lipinski definition) is 1. The van der Waals surface area contributed by atoms with Crippen molar-refractivity contribution in [3.63, 3.8) is 0 Å². The van der Waals surface area contributed by atoms with Crippen molar-refractivity contribution in [1.82, 2.24) is 0 Å². The maximum Gasteiger partial charge on any atom is 0.273 e. The molecule has 0 amide bonds. The molecule has 0 radical (unpaired) electrons. The van der Waals surface area contributed by atoms with Gasteiger partial charge in [0.15, 0.2) is 0 Å². The second-order valence-corrected chi connectivity index (χ2v) is 6.09. The average Bonchev–Trinajstić information content (AvgIpc) is 2.86. The number of nitro benzene ring substituents is 1. The fourth-order valence-corrected chi connectivity index (χ4v) is 3.00. The SMILES string of the molecule is Cc1cc(NC(C)c2cccs2)c(Br)cc1[N+](=O)[O-]. The standard InChI is InChI=1S/C13H13BrN2O2S/c1-8-6-11(10(14)7-12(8)16(17)18)15-9(2)13-4-3-5-19-13/h3-7,9,15H,1-2H3. The Morgan fingerprint density at radius 2 is 2.21 bits per heavy atom. The molecule has 0 saturated heterocycles. The number of halogens is 1. The summed E-state index contributed by atoms with van der Waals surface area (Å²) in [6.07, 6.45) is 0. The van der Waals surface area contributed by atoms with Crippen molar-refractivity contribution in [3.8, 4) is 0 Å². The number of thiophene rings is 1. The van der Waals surface area contributed by atoms with Crippen LogP contribution in [0.5, 0.6) is 0 Å². The quantitative estimate of drug-likeness (QED) is 0.636. The van der Waals surface area contributed by atoms with Crippen molar-refractivity contribution in [3.05, 3.63) is 54.7 Å². The molecule has 1 unspecified atom stereocenters. The summed E-state index contributed by atoms with van der Waals surface area (Å²) >= 11 is 5.06. The predicted octanol–water partition coefficient (Wildman–Crippen LogP) is 4.90. The highest BCUT2D eigenvalue weighted by Crippen LogP contribution is 2.33. The van der Waals surface area contributed by atoms with E-state index in [0.29, 0.717) is 10.0 Å². The smallest absolute Gasteiger partial charge is 0.273 e. The molecule has 0 aliphatic heterocycles. The number of benzene rings is 1. The number of rotatable bonds is 4. The lowest BCUT2D eigenvalue weighted by molar-refractivity contribution is -0.385. The van der Waals surface area contributed by atoms with Gasteiger partial charge in [-0.05, 0) is 47.3 Å².